The molecular formula is C12H26N2O2. The van der Waals surface area contributed by atoms with E-state index in [-0.39, 0.29) is 12.6 Å². The number of piperidine rings is 1. The lowest BCUT2D eigenvalue weighted by molar-refractivity contribution is 0.0253. The zero-order chi connectivity index (χ0) is 11.8. The van der Waals surface area contributed by atoms with Crippen LogP contribution in [0.1, 0.15) is 26.2 Å². The van der Waals surface area contributed by atoms with Gasteiger partial charge in [-0.15, -0.1) is 0 Å². The van der Waals surface area contributed by atoms with E-state index in [0.717, 1.165) is 32.6 Å². The van der Waals surface area contributed by atoms with Gasteiger partial charge in [0, 0.05) is 26.2 Å². The van der Waals surface area contributed by atoms with Crippen LogP contribution >= 0.6 is 0 Å². The molecular weight excluding hydrogens is 204 g/mol. The summed E-state index contributed by atoms with van der Waals surface area (Å²) < 4.78 is 5.39. The number of nitrogens with one attached hydrogen (secondary N) is 1. The van der Waals surface area contributed by atoms with Crippen LogP contribution in [-0.4, -0.2) is 62.0 Å². The lowest BCUT2D eigenvalue weighted by atomic mass is 10.1. The van der Waals surface area contributed by atoms with Crippen molar-refractivity contribution in [3.8, 4) is 0 Å². The minimum atomic E-state index is 0.204. The molecule has 4 nitrogen and oxygen atoms in total. The average Bonchev–Trinajstić information content (AvgIpc) is 2.34. The molecule has 1 aliphatic heterocycles. The number of hydrogen-bond donors (Lipinski definition) is 2. The minimum absolute atomic E-state index is 0.204. The predicted molar refractivity (Wildman–Crippen MR) is 65.6 cm³/mol. The van der Waals surface area contributed by atoms with Crippen LogP contribution in [0.2, 0.25) is 0 Å². The summed E-state index contributed by atoms with van der Waals surface area (Å²) in [6, 6.07) is 0.204. The Hall–Kier alpha value is -0.160. The highest BCUT2D eigenvalue weighted by Crippen LogP contribution is 2.12. The van der Waals surface area contributed by atoms with E-state index in [2.05, 4.69) is 17.1 Å². The van der Waals surface area contributed by atoms with Crippen LogP contribution in [0.3, 0.4) is 0 Å². The topological polar surface area (TPSA) is 44.7 Å². The standard InChI is InChI=1S/C12H26N2O2/c1-3-6-13-11(10-15)8-14-7-4-5-12(9-14)16-2/h11-13,15H,3-10H2,1-2H3. The number of methoxy groups -OCH3 is 1. The SMILES string of the molecule is CCCNC(CO)CN1CCCC(OC)C1. The van der Waals surface area contributed by atoms with Gasteiger partial charge in [-0.1, -0.05) is 6.92 Å². The normalized spacial score (nSPS) is 24.6. The molecule has 1 aliphatic rings. The van der Waals surface area contributed by atoms with Gasteiger partial charge in [0.05, 0.1) is 12.7 Å². The van der Waals surface area contributed by atoms with Crippen LogP contribution in [0.5, 0.6) is 0 Å². The first-order valence-corrected chi connectivity index (χ1v) is 6.39. The molecule has 16 heavy (non-hydrogen) atoms. The lowest BCUT2D eigenvalue weighted by Gasteiger charge is -2.34. The van der Waals surface area contributed by atoms with Crippen LogP contribution in [0, 0.1) is 0 Å². The zero-order valence-corrected chi connectivity index (χ0v) is 10.6. The van der Waals surface area contributed by atoms with Crippen molar-refractivity contribution < 1.29 is 9.84 Å². The average molecular weight is 230 g/mol. The molecule has 0 bridgehead atoms. The van der Waals surface area contributed by atoms with Crippen LogP contribution in [0.15, 0.2) is 0 Å². The van der Waals surface area contributed by atoms with Gasteiger partial charge in [0.15, 0.2) is 0 Å². The molecule has 1 saturated heterocycles. The molecule has 0 aliphatic carbocycles. The van der Waals surface area contributed by atoms with Crippen LogP contribution in [-0.2, 0) is 4.74 Å². The van der Waals surface area contributed by atoms with Crippen molar-refractivity contribution in [1.29, 1.82) is 0 Å². The Morgan fingerprint density at radius 2 is 2.38 bits per heavy atom. The first-order chi connectivity index (χ1) is 7.80. The van der Waals surface area contributed by atoms with Crippen LogP contribution < -0.4 is 5.32 Å². The summed E-state index contributed by atoms with van der Waals surface area (Å²) >= 11 is 0. The first-order valence-electron chi connectivity index (χ1n) is 6.39. The summed E-state index contributed by atoms with van der Waals surface area (Å²) in [7, 11) is 1.78. The third-order valence-corrected chi connectivity index (χ3v) is 3.18. The van der Waals surface area contributed by atoms with Crippen LogP contribution in [0.25, 0.3) is 0 Å². The maximum Gasteiger partial charge on any atom is 0.0698 e. The molecule has 1 rings (SSSR count). The molecule has 0 aromatic rings. The number of aliphatic hydroxyl groups is 1. The van der Waals surface area contributed by atoms with Gasteiger partial charge in [-0.25, -0.2) is 0 Å². The van der Waals surface area contributed by atoms with E-state index >= 15 is 0 Å². The van der Waals surface area contributed by atoms with Crippen molar-refractivity contribution in [2.75, 3.05) is 39.9 Å². The minimum Gasteiger partial charge on any atom is -0.395 e. The van der Waals surface area contributed by atoms with E-state index in [0.29, 0.717) is 6.10 Å². The fraction of sp³-hybridized carbons (Fsp3) is 1.00. The van der Waals surface area contributed by atoms with Crippen molar-refractivity contribution in [1.82, 2.24) is 10.2 Å². The number of aliphatic hydroxyl groups excluding tert-OH is 1. The Morgan fingerprint density at radius 3 is 3.00 bits per heavy atom. The first kappa shape index (κ1) is 13.9. The lowest BCUT2D eigenvalue weighted by Crippen LogP contribution is -2.48. The fourth-order valence-corrected chi connectivity index (χ4v) is 2.22. The third kappa shape index (κ3) is 4.78. The molecule has 0 aromatic heterocycles. The number of nitrogens with zero attached hydrogens (tertiary/aromatic N) is 1. The van der Waals surface area contributed by atoms with Crippen molar-refractivity contribution in [2.24, 2.45) is 0 Å². The molecule has 2 unspecified atom stereocenters. The highest BCUT2D eigenvalue weighted by atomic mass is 16.5. The summed E-state index contributed by atoms with van der Waals surface area (Å²) in [6.45, 7) is 6.39. The summed E-state index contributed by atoms with van der Waals surface area (Å²) in [5, 5.41) is 12.7. The molecule has 0 radical (unpaired) electrons. The molecule has 1 heterocycles. The quantitative estimate of drug-likeness (QED) is 0.667. The van der Waals surface area contributed by atoms with Crippen molar-refractivity contribution >= 4 is 0 Å². The summed E-state index contributed by atoms with van der Waals surface area (Å²) in [5.74, 6) is 0. The number of ether oxygens (including phenoxy) is 1. The third-order valence-electron chi connectivity index (χ3n) is 3.18. The largest absolute Gasteiger partial charge is 0.395 e. The molecule has 0 spiro atoms. The molecule has 0 amide bonds. The molecule has 1 fully saturated rings. The molecule has 0 saturated carbocycles. The van der Waals surface area contributed by atoms with Gasteiger partial charge in [0.25, 0.3) is 0 Å². The van der Waals surface area contributed by atoms with Gasteiger partial charge in [-0.2, -0.15) is 0 Å². The number of rotatable bonds is 7. The van der Waals surface area contributed by atoms with E-state index in [4.69, 9.17) is 4.74 Å². The Kier molecular flexibility index (Phi) is 6.96. The van der Waals surface area contributed by atoms with Gasteiger partial charge < -0.3 is 15.2 Å². The van der Waals surface area contributed by atoms with E-state index in [9.17, 15) is 5.11 Å². The highest BCUT2D eigenvalue weighted by molar-refractivity contribution is 4.77. The summed E-state index contributed by atoms with van der Waals surface area (Å²) in [5.41, 5.74) is 0. The van der Waals surface area contributed by atoms with Gasteiger partial charge in [0.1, 0.15) is 0 Å². The Balaban J connectivity index is 2.27. The second-order valence-corrected chi connectivity index (χ2v) is 4.59. The Morgan fingerprint density at radius 1 is 1.56 bits per heavy atom. The molecule has 96 valence electrons. The second-order valence-electron chi connectivity index (χ2n) is 4.59. The smallest absolute Gasteiger partial charge is 0.0698 e. The predicted octanol–water partition coefficient (Wildman–Crippen LogP) is 0.458. The maximum atomic E-state index is 9.29. The van der Waals surface area contributed by atoms with E-state index < -0.39 is 0 Å². The zero-order valence-electron chi connectivity index (χ0n) is 10.6. The Bertz CT molecular complexity index is 178. The summed E-state index contributed by atoms with van der Waals surface area (Å²) in [6.07, 6.45) is 3.85. The van der Waals surface area contributed by atoms with Gasteiger partial charge in [-0.05, 0) is 32.4 Å². The van der Waals surface area contributed by atoms with E-state index in [1.54, 1.807) is 7.11 Å². The number of likely N-dealkylation sites (tertiary alicyclic amines) is 1. The van der Waals surface area contributed by atoms with E-state index in [1.165, 1.54) is 12.8 Å². The molecule has 2 atom stereocenters. The molecule has 4 heteroatoms. The van der Waals surface area contributed by atoms with Gasteiger partial charge in [-0.3, -0.25) is 4.90 Å². The second kappa shape index (κ2) is 8.01. The van der Waals surface area contributed by atoms with Crippen LogP contribution in [0.4, 0.5) is 0 Å². The summed E-state index contributed by atoms with van der Waals surface area (Å²) in [4.78, 5) is 2.39. The van der Waals surface area contributed by atoms with Crippen molar-refractivity contribution in [3.05, 3.63) is 0 Å². The highest BCUT2D eigenvalue weighted by Gasteiger charge is 2.21. The Labute approximate surface area is 99.0 Å². The molecule has 2 N–H and O–H groups in total. The van der Waals surface area contributed by atoms with Crippen molar-refractivity contribution in [3.63, 3.8) is 0 Å². The van der Waals surface area contributed by atoms with Crippen molar-refractivity contribution in [2.45, 2.75) is 38.3 Å². The monoisotopic (exact) mass is 230 g/mol. The van der Waals surface area contributed by atoms with E-state index in [1.807, 2.05) is 0 Å². The van der Waals surface area contributed by atoms with Gasteiger partial charge >= 0.3 is 0 Å². The maximum absolute atomic E-state index is 9.29. The fourth-order valence-electron chi connectivity index (χ4n) is 2.22. The van der Waals surface area contributed by atoms with Gasteiger partial charge in [0.2, 0.25) is 0 Å². The number of hydrogen-bond acceptors (Lipinski definition) is 4. The molecule has 0 aromatic carbocycles.